The van der Waals surface area contributed by atoms with Gasteiger partial charge in [0, 0.05) is 9.79 Å². The van der Waals surface area contributed by atoms with E-state index in [0.717, 1.165) is 74.1 Å². The topological polar surface area (TPSA) is 18.5 Å². The molecule has 0 N–H and O–H groups in total. The molecule has 0 radical (unpaired) electrons. The lowest BCUT2D eigenvalue weighted by Crippen LogP contribution is -2.13. The summed E-state index contributed by atoms with van der Waals surface area (Å²) < 4.78 is 12.7. The van der Waals surface area contributed by atoms with Crippen LogP contribution >= 0.6 is 11.8 Å². The molecule has 2 nitrogen and oxygen atoms in total. The van der Waals surface area contributed by atoms with Crippen molar-refractivity contribution in [2.45, 2.75) is 191 Å². The van der Waals surface area contributed by atoms with Crippen LogP contribution in [-0.2, 0) is 12.8 Å². The Morgan fingerprint density at radius 1 is 0.441 bits per heavy atom. The number of benzene rings is 4. The average molecular weight is 815 g/mol. The lowest BCUT2D eigenvalue weighted by atomic mass is 9.77. The van der Waals surface area contributed by atoms with Crippen molar-refractivity contribution in [2.24, 2.45) is 11.8 Å². The molecule has 0 spiro atoms. The van der Waals surface area contributed by atoms with Crippen LogP contribution in [0.3, 0.4) is 0 Å². The lowest BCUT2D eigenvalue weighted by Gasteiger charge is -2.29. The van der Waals surface area contributed by atoms with Gasteiger partial charge in [0.25, 0.3) is 0 Å². The maximum absolute atomic E-state index is 6.34. The van der Waals surface area contributed by atoms with Gasteiger partial charge in [-0.3, -0.25) is 0 Å². The minimum Gasteiger partial charge on any atom is -0.494 e. The summed E-state index contributed by atoms with van der Waals surface area (Å²) in [6, 6.07) is 33.0. The maximum atomic E-state index is 6.34. The number of rotatable bonds is 24. The van der Waals surface area contributed by atoms with Gasteiger partial charge in [-0.1, -0.05) is 152 Å². The fourth-order valence-electron chi connectivity index (χ4n) is 9.78. The molecule has 0 amide bonds. The van der Waals surface area contributed by atoms with E-state index in [4.69, 9.17) is 9.47 Å². The predicted molar refractivity (Wildman–Crippen MR) is 254 cm³/mol. The van der Waals surface area contributed by atoms with Crippen molar-refractivity contribution in [3.8, 4) is 11.5 Å². The molecule has 2 saturated carbocycles. The molecule has 4 aromatic rings. The van der Waals surface area contributed by atoms with E-state index in [9.17, 15) is 0 Å². The van der Waals surface area contributed by atoms with E-state index in [1.807, 2.05) is 11.8 Å². The van der Waals surface area contributed by atoms with Crippen LogP contribution in [-0.4, -0.2) is 13.2 Å². The molecule has 6 rings (SSSR count). The normalized spacial score (nSPS) is 19.5. The molecule has 2 aliphatic rings. The number of hydrogen-bond acceptors (Lipinski definition) is 3. The van der Waals surface area contributed by atoms with Gasteiger partial charge < -0.3 is 9.47 Å². The first-order valence-corrected chi connectivity index (χ1v) is 25.2. The van der Waals surface area contributed by atoms with E-state index in [2.05, 4.69) is 113 Å². The fourth-order valence-corrected chi connectivity index (χ4v) is 10.8. The average Bonchev–Trinajstić information content (AvgIpc) is 3.27. The van der Waals surface area contributed by atoms with Crippen molar-refractivity contribution < 1.29 is 9.47 Å². The van der Waals surface area contributed by atoms with Gasteiger partial charge >= 0.3 is 0 Å². The molecule has 0 aliphatic heterocycles. The Kier molecular flexibility index (Phi) is 19.2. The van der Waals surface area contributed by atoms with Crippen LogP contribution in [0.15, 0.2) is 94.7 Å². The Morgan fingerprint density at radius 2 is 0.831 bits per heavy atom. The van der Waals surface area contributed by atoms with Crippen LogP contribution in [0.4, 0.5) is 0 Å². The molecular weight excluding hydrogens is 737 g/mol. The standard InChI is InChI=1S/C56H78O2S/c1-5-9-13-37-57-53-33-35-55(51(41-53)39-45-21-29-49(30-22-45)47-25-17-43(18-26-47)15-11-7-3)59-56-36-34-54(58-38-14-10-6-2)42-52(56)40-46-23-31-50(32-24-46)48-27-19-44(20-28-48)16-12-8-4/h21-24,29-36,41-44,47-48H,5-20,25-28,37-40H2,1-4H3. The molecule has 0 bridgehead atoms. The van der Waals surface area contributed by atoms with E-state index < -0.39 is 0 Å². The monoisotopic (exact) mass is 815 g/mol. The summed E-state index contributed by atoms with van der Waals surface area (Å²) in [7, 11) is 0. The van der Waals surface area contributed by atoms with E-state index in [1.54, 1.807) is 0 Å². The summed E-state index contributed by atoms with van der Waals surface area (Å²) in [5.41, 5.74) is 8.50. The summed E-state index contributed by atoms with van der Waals surface area (Å²) in [5.74, 6) is 5.31. The minimum absolute atomic E-state index is 0.719. The van der Waals surface area contributed by atoms with Crippen molar-refractivity contribution in [2.75, 3.05) is 13.2 Å². The smallest absolute Gasteiger partial charge is 0.119 e. The molecule has 4 aromatic carbocycles. The zero-order valence-corrected chi connectivity index (χ0v) is 38.4. The van der Waals surface area contributed by atoms with Crippen LogP contribution in [0, 0.1) is 11.8 Å². The molecule has 2 fully saturated rings. The Labute approximate surface area is 365 Å². The first-order chi connectivity index (χ1) is 29.0. The second kappa shape index (κ2) is 24.9. The van der Waals surface area contributed by atoms with Gasteiger partial charge in [-0.15, -0.1) is 0 Å². The quantitative estimate of drug-likeness (QED) is 0.0657. The van der Waals surface area contributed by atoms with Crippen LogP contribution in [0.2, 0.25) is 0 Å². The van der Waals surface area contributed by atoms with Crippen LogP contribution in [0.1, 0.15) is 201 Å². The van der Waals surface area contributed by atoms with Gasteiger partial charge in [0.05, 0.1) is 13.2 Å². The lowest BCUT2D eigenvalue weighted by molar-refractivity contribution is 0.304. The Bertz CT molecular complexity index is 1630. The second-order valence-corrected chi connectivity index (χ2v) is 19.4. The second-order valence-electron chi connectivity index (χ2n) is 18.3. The third kappa shape index (κ3) is 14.5. The van der Waals surface area contributed by atoms with Gasteiger partial charge in [-0.05, 0) is 171 Å². The van der Waals surface area contributed by atoms with Gasteiger partial charge in [-0.2, -0.15) is 0 Å². The summed E-state index contributed by atoms with van der Waals surface area (Å²) in [6.45, 7) is 10.7. The fraction of sp³-hybridized carbons (Fsp3) is 0.571. The van der Waals surface area contributed by atoms with E-state index in [0.29, 0.717) is 0 Å². The maximum Gasteiger partial charge on any atom is 0.119 e. The van der Waals surface area contributed by atoms with Crippen molar-refractivity contribution in [1.29, 1.82) is 0 Å². The van der Waals surface area contributed by atoms with Crippen LogP contribution in [0.5, 0.6) is 11.5 Å². The SMILES string of the molecule is CCCCCOc1ccc(Sc2ccc(OCCCCC)cc2Cc2ccc(C3CCC(CCCC)CC3)cc2)c(Cc2ccc(C3CCC(CCCC)CC3)cc2)c1. The highest BCUT2D eigenvalue weighted by atomic mass is 32.2. The first-order valence-electron chi connectivity index (χ1n) is 24.4. The molecule has 0 saturated heterocycles. The molecule has 0 unspecified atom stereocenters. The predicted octanol–water partition coefficient (Wildman–Crippen LogP) is 17.1. The van der Waals surface area contributed by atoms with E-state index in [-0.39, 0.29) is 0 Å². The molecule has 0 heterocycles. The summed E-state index contributed by atoms with van der Waals surface area (Å²) in [6.07, 6.45) is 28.1. The Morgan fingerprint density at radius 3 is 1.20 bits per heavy atom. The zero-order chi connectivity index (χ0) is 41.1. The van der Waals surface area contributed by atoms with Crippen LogP contribution in [0.25, 0.3) is 0 Å². The van der Waals surface area contributed by atoms with Crippen molar-refractivity contribution in [3.63, 3.8) is 0 Å². The number of unbranched alkanes of at least 4 members (excludes halogenated alkanes) is 6. The van der Waals surface area contributed by atoms with Gasteiger partial charge in [0.15, 0.2) is 0 Å². The Balaban J connectivity index is 1.19. The van der Waals surface area contributed by atoms with Gasteiger partial charge in [0.2, 0.25) is 0 Å². The minimum atomic E-state index is 0.719. The number of ether oxygens (including phenoxy) is 2. The zero-order valence-electron chi connectivity index (χ0n) is 37.6. The van der Waals surface area contributed by atoms with Crippen molar-refractivity contribution in [1.82, 2.24) is 0 Å². The highest BCUT2D eigenvalue weighted by Crippen LogP contribution is 2.41. The van der Waals surface area contributed by atoms with Gasteiger partial charge in [0.1, 0.15) is 11.5 Å². The molecule has 3 heteroatoms. The molecule has 2 aliphatic carbocycles. The number of hydrogen-bond donors (Lipinski definition) is 0. The largest absolute Gasteiger partial charge is 0.494 e. The van der Waals surface area contributed by atoms with Crippen molar-refractivity contribution in [3.05, 3.63) is 118 Å². The third-order valence-electron chi connectivity index (χ3n) is 13.6. The Hall–Kier alpha value is -3.17. The first kappa shape index (κ1) is 45.4. The van der Waals surface area contributed by atoms with Crippen molar-refractivity contribution >= 4 is 11.8 Å². The molecule has 320 valence electrons. The molecule has 0 atom stereocenters. The van der Waals surface area contributed by atoms with Crippen LogP contribution < -0.4 is 9.47 Å². The highest BCUT2D eigenvalue weighted by molar-refractivity contribution is 7.99. The molecular formula is C56H78O2S. The van der Waals surface area contributed by atoms with Gasteiger partial charge in [-0.25, -0.2) is 0 Å². The van der Waals surface area contributed by atoms with E-state index in [1.165, 1.54) is 159 Å². The summed E-state index contributed by atoms with van der Waals surface area (Å²) in [4.78, 5) is 2.62. The van der Waals surface area contributed by atoms with E-state index >= 15 is 0 Å². The molecule has 59 heavy (non-hydrogen) atoms. The third-order valence-corrected chi connectivity index (χ3v) is 14.9. The summed E-state index contributed by atoms with van der Waals surface area (Å²) >= 11 is 1.91. The highest BCUT2D eigenvalue weighted by Gasteiger charge is 2.23. The summed E-state index contributed by atoms with van der Waals surface area (Å²) in [5, 5.41) is 0. The molecule has 0 aromatic heterocycles.